The van der Waals surface area contributed by atoms with Gasteiger partial charge in [0.05, 0.1) is 13.1 Å². The normalized spacial score (nSPS) is 13.7. The lowest BCUT2D eigenvalue weighted by Crippen LogP contribution is -2.30. The second kappa shape index (κ2) is 7.57. The van der Waals surface area contributed by atoms with Crippen molar-refractivity contribution < 1.29 is 14.4 Å². The Morgan fingerprint density at radius 3 is 2.60 bits per heavy atom. The first-order valence-corrected chi connectivity index (χ1v) is 7.99. The largest absolute Gasteiger partial charge is 0.352 e. The minimum absolute atomic E-state index is 0.0373. The van der Waals surface area contributed by atoms with Gasteiger partial charge >= 0.3 is 6.03 Å². The van der Waals surface area contributed by atoms with Gasteiger partial charge in [0.1, 0.15) is 0 Å². The number of carbonyl (C=O) groups is 3. The number of urea groups is 1. The maximum Gasteiger partial charge on any atom is 0.324 e. The summed E-state index contributed by atoms with van der Waals surface area (Å²) in [6.45, 7) is 0.738. The van der Waals surface area contributed by atoms with Crippen molar-refractivity contribution in [1.29, 1.82) is 0 Å². The van der Waals surface area contributed by atoms with E-state index in [1.165, 1.54) is 0 Å². The van der Waals surface area contributed by atoms with Crippen LogP contribution in [0.2, 0.25) is 0 Å². The van der Waals surface area contributed by atoms with Crippen molar-refractivity contribution in [3.05, 3.63) is 65.5 Å². The maximum absolute atomic E-state index is 12.1. The molecule has 4 amide bonds. The van der Waals surface area contributed by atoms with Crippen molar-refractivity contribution in [1.82, 2.24) is 20.5 Å². The smallest absolute Gasteiger partial charge is 0.324 e. The highest BCUT2D eigenvalue weighted by atomic mass is 16.2. The number of carbonyl (C=O) groups excluding carboxylic acids is 3. The Balaban J connectivity index is 1.52. The fraction of sp³-hybridized carbons (Fsp3) is 0.222. The van der Waals surface area contributed by atoms with Crippen molar-refractivity contribution in [3.63, 3.8) is 0 Å². The molecular weight excluding hydrogens is 320 g/mol. The molecule has 1 aromatic heterocycles. The van der Waals surface area contributed by atoms with Crippen molar-refractivity contribution in [2.75, 3.05) is 13.1 Å². The number of nitrogens with zero attached hydrogens (tertiary/aromatic N) is 2. The molecule has 25 heavy (non-hydrogen) atoms. The summed E-state index contributed by atoms with van der Waals surface area (Å²) in [6.07, 6.45) is 2.39. The van der Waals surface area contributed by atoms with Gasteiger partial charge in [0.15, 0.2) is 0 Å². The van der Waals surface area contributed by atoms with Crippen molar-refractivity contribution in [2.45, 2.75) is 13.0 Å². The van der Waals surface area contributed by atoms with Crippen LogP contribution in [0.4, 0.5) is 4.79 Å². The third-order valence-corrected chi connectivity index (χ3v) is 3.89. The Bertz CT molecular complexity index is 759. The Labute approximate surface area is 145 Å². The molecule has 7 nitrogen and oxygen atoms in total. The van der Waals surface area contributed by atoms with E-state index in [9.17, 15) is 14.4 Å². The quantitative estimate of drug-likeness (QED) is 0.772. The van der Waals surface area contributed by atoms with Gasteiger partial charge in [-0.15, -0.1) is 0 Å². The van der Waals surface area contributed by atoms with Gasteiger partial charge in [-0.1, -0.05) is 18.2 Å². The van der Waals surface area contributed by atoms with E-state index in [1.54, 1.807) is 30.5 Å². The third kappa shape index (κ3) is 4.20. The van der Waals surface area contributed by atoms with Crippen LogP contribution in [0, 0.1) is 0 Å². The number of amides is 4. The highest BCUT2D eigenvalue weighted by molar-refractivity contribution is 6.01. The molecule has 128 valence electrons. The number of imide groups is 1. The number of benzene rings is 1. The molecule has 0 saturated carbocycles. The van der Waals surface area contributed by atoms with Gasteiger partial charge in [0.2, 0.25) is 5.91 Å². The SMILES string of the molecule is O=C(NCCc1ccccn1)c1ccc(CN2C(=O)CNC2=O)cc1. The zero-order valence-corrected chi connectivity index (χ0v) is 13.6. The molecule has 3 rings (SSSR count). The van der Waals surface area contributed by atoms with Crippen LogP contribution < -0.4 is 10.6 Å². The monoisotopic (exact) mass is 338 g/mol. The molecule has 1 aliphatic heterocycles. The van der Waals surface area contributed by atoms with Crippen LogP contribution in [0.5, 0.6) is 0 Å². The molecule has 0 unspecified atom stereocenters. The first-order valence-electron chi connectivity index (χ1n) is 7.99. The van der Waals surface area contributed by atoms with E-state index in [1.807, 2.05) is 18.2 Å². The van der Waals surface area contributed by atoms with Crippen molar-refractivity contribution in [2.24, 2.45) is 0 Å². The molecule has 1 aromatic carbocycles. The topological polar surface area (TPSA) is 91.4 Å². The van der Waals surface area contributed by atoms with E-state index in [4.69, 9.17) is 0 Å². The fourth-order valence-corrected chi connectivity index (χ4v) is 2.51. The van der Waals surface area contributed by atoms with Gasteiger partial charge in [0, 0.05) is 30.4 Å². The highest BCUT2D eigenvalue weighted by Gasteiger charge is 2.28. The predicted octanol–water partition coefficient (Wildman–Crippen LogP) is 1.11. The second-order valence-corrected chi connectivity index (χ2v) is 5.66. The lowest BCUT2D eigenvalue weighted by atomic mass is 10.1. The van der Waals surface area contributed by atoms with Crippen LogP contribution in [0.1, 0.15) is 21.6 Å². The summed E-state index contributed by atoms with van der Waals surface area (Å²) in [7, 11) is 0. The molecule has 1 aliphatic rings. The molecule has 0 bridgehead atoms. The zero-order valence-electron chi connectivity index (χ0n) is 13.6. The van der Waals surface area contributed by atoms with Crippen LogP contribution in [0.15, 0.2) is 48.7 Å². The third-order valence-electron chi connectivity index (χ3n) is 3.89. The number of hydrogen-bond donors (Lipinski definition) is 2. The number of nitrogens with one attached hydrogen (secondary N) is 2. The van der Waals surface area contributed by atoms with E-state index in [-0.39, 0.29) is 30.9 Å². The van der Waals surface area contributed by atoms with Crippen molar-refractivity contribution >= 4 is 17.8 Å². The Morgan fingerprint density at radius 2 is 1.96 bits per heavy atom. The minimum Gasteiger partial charge on any atom is -0.352 e. The van der Waals surface area contributed by atoms with Gasteiger partial charge in [-0.05, 0) is 29.8 Å². The fourth-order valence-electron chi connectivity index (χ4n) is 2.51. The van der Waals surface area contributed by atoms with Crippen LogP contribution in [0.3, 0.4) is 0 Å². The van der Waals surface area contributed by atoms with E-state index < -0.39 is 0 Å². The molecule has 0 atom stereocenters. The van der Waals surface area contributed by atoms with E-state index in [0.717, 1.165) is 16.2 Å². The number of rotatable bonds is 6. The molecule has 1 fully saturated rings. The Morgan fingerprint density at radius 1 is 1.16 bits per heavy atom. The standard InChI is InChI=1S/C18H18N4O3/c23-16-11-21-18(25)22(16)12-13-4-6-14(7-5-13)17(24)20-10-8-15-3-1-2-9-19-15/h1-7,9H,8,10-12H2,(H,20,24)(H,21,25). The summed E-state index contributed by atoms with van der Waals surface area (Å²) in [4.78, 5) is 40.6. The predicted molar refractivity (Wildman–Crippen MR) is 90.7 cm³/mol. The second-order valence-electron chi connectivity index (χ2n) is 5.66. The molecule has 0 spiro atoms. The average molecular weight is 338 g/mol. The van der Waals surface area contributed by atoms with Crippen LogP contribution in [0.25, 0.3) is 0 Å². The summed E-state index contributed by atoms with van der Waals surface area (Å²) < 4.78 is 0. The van der Waals surface area contributed by atoms with Gasteiger partial charge in [-0.2, -0.15) is 0 Å². The van der Waals surface area contributed by atoms with Crippen molar-refractivity contribution in [3.8, 4) is 0 Å². The minimum atomic E-state index is -0.388. The Kier molecular flexibility index (Phi) is 5.03. The molecular formula is C18H18N4O3. The van der Waals surface area contributed by atoms with Gasteiger partial charge in [0.25, 0.3) is 5.91 Å². The highest BCUT2D eigenvalue weighted by Crippen LogP contribution is 2.10. The molecule has 2 heterocycles. The molecule has 2 N–H and O–H groups in total. The van der Waals surface area contributed by atoms with Gasteiger partial charge in [-0.25, -0.2) is 4.79 Å². The lowest BCUT2D eigenvalue weighted by Gasteiger charge is -2.12. The molecule has 2 aromatic rings. The van der Waals surface area contributed by atoms with E-state index in [0.29, 0.717) is 18.5 Å². The summed E-state index contributed by atoms with van der Waals surface area (Å²) >= 11 is 0. The van der Waals surface area contributed by atoms with Crippen LogP contribution in [-0.4, -0.2) is 40.8 Å². The Hall–Kier alpha value is -3.22. The van der Waals surface area contributed by atoms with Gasteiger partial charge < -0.3 is 10.6 Å². The molecule has 0 radical (unpaired) electrons. The number of hydrogen-bond acceptors (Lipinski definition) is 4. The number of pyridine rings is 1. The van der Waals surface area contributed by atoms with E-state index in [2.05, 4.69) is 15.6 Å². The zero-order chi connectivity index (χ0) is 17.6. The molecule has 7 heteroatoms. The lowest BCUT2D eigenvalue weighted by molar-refractivity contribution is -0.125. The maximum atomic E-state index is 12.1. The molecule has 1 saturated heterocycles. The first-order chi connectivity index (χ1) is 12.1. The van der Waals surface area contributed by atoms with Gasteiger partial charge in [-0.3, -0.25) is 19.5 Å². The average Bonchev–Trinajstić information content (AvgIpc) is 2.95. The van der Waals surface area contributed by atoms with Crippen LogP contribution in [-0.2, 0) is 17.8 Å². The van der Waals surface area contributed by atoms with E-state index >= 15 is 0 Å². The summed E-state index contributed by atoms with van der Waals surface area (Å²) in [5.74, 6) is -0.418. The summed E-state index contributed by atoms with van der Waals surface area (Å²) in [5.41, 5.74) is 2.24. The summed E-state index contributed by atoms with van der Waals surface area (Å²) in [5, 5.41) is 5.32. The first kappa shape index (κ1) is 16.6. The molecule has 0 aliphatic carbocycles. The summed E-state index contributed by atoms with van der Waals surface area (Å²) in [6, 6.07) is 12.1. The number of aromatic nitrogens is 1. The van der Waals surface area contributed by atoms with Crippen LogP contribution >= 0.6 is 0 Å².